The van der Waals surface area contributed by atoms with E-state index in [-0.39, 0.29) is 29.5 Å². The number of carbonyl (C=O) groups excluding carboxylic acids is 1. The molecule has 1 heterocycles. The minimum absolute atomic E-state index is 0.0771. The number of carbonyl (C=O) groups is 1. The molecule has 0 aliphatic carbocycles. The summed E-state index contributed by atoms with van der Waals surface area (Å²) in [6.07, 6.45) is 0.755. The zero-order valence-corrected chi connectivity index (χ0v) is 16.0. The summed E-state index contributed by atoms with van der Waals surface area (Å²) in [5, 5.41) is 12.1. The molecule has 0 spiro atoms. The number of aromatic nitrogens is 1. The summed E-state index contributed by atoms with van der Waals surface area (Å²) in [7, 11) is 0. The lowest BCUT2D eigenvalue weighted by Crippen LogP contribution is -2.27. The first-order valence-electron chi connectivity index (χ1n) is 8.01. The maximum Gasteiger partial charge on any atom is 0.266 e. The van der Waals surface area contributed by atoms with Gasteiger partial charge in [0.15, 0.2) is 0 Å². The maximum absolute atomic E-state index is 12.3. The van der Waals surface area contributed by atoms with Gasteiger partial charge in [0.1, 0.15) is 11.6 Å². The lowest BCUT2D eigenvalue weighted by atomic mass is 9.99. The molecule has 0 bridgehead atoms. The Kier molecular flexibility index (Phi) is 6.16. The average Bonchev–Trinajstić information content (AvgIpc) is 2.55. The molecule has 2 aromatic rings. The lowest BCUT2D eigenvalue weighted by Gasteiger charge is -2.16. The Balaban J connectivity index is 2.07. The average molecular weight is 402 g/mol. The highest BCUT2D eigenvalue weighted by Crippen LogP contribution is 2.23. The van der Waals surface area contributed by atoms with E-state index >= 15 is 0 Å². The number of hydrogen-bond donors (Lipinski definition) is 2. The summed E-state index contributed by atoms with van der Waals surface area (Å²) in [4.78, 5) is 26.7. The van der Waals surface area contributed by atoms with E-state index in [1.54, 1.807) is 13.8 Å². The lowest BCUT2D eigenvalue weighted by molar-refractivity contribution is -0.121. The van der Waals surface area contributed by atoms with Crippen molar-refractivity contribution in [2.45, 2.75) is 39.7 Å². The normalized spacial score (nSPS) is 11.6. The Morgan fingerprint density at radius 2 is 2.04 bits per heavy atom. The van der Waals surface area contributed by atoms with Crippen LogP contribution in [0.25, 0.3) is 0 Å². The number of aryl methyl sites for hydroxylation is 1. The van der Waals surface area contributed by atoms with E-state index in [4.69, 9.17) is 5.26 Å². The zero-order chi connectivity index (χ0) is 18.6. The van der Waals surface area contributed by atoms with Crippen LogP contribution in [0.2, 0.25) is 0 Å². The first-order valence-corrected chi connectivity index (χ1v) is 8.80. The number of nitrogens with one attached hydrogen (secondary N) is 2. The Hall–Kier alpha value is -2.39. The summed E-state index contributed by atoms with van der Waals surface area (Å²) >= 11 is 3.49. The molecule has 130 valence electrons. The van der Waals surface area contributed by atoms with Crippen LogP contribution in [0.5, 0.6) is 0 Å². The van der Waals surface area contributed by atoms with Crippen LogP contribution in [0.15, 0.2) is 33.5 Å². The predicted molar refractivity (Wildman–Crippen MR) is 100 cm³/mol. The van der Waals surface area contributed by atoms with E-state index in [2.05, 4.69) is 26.2 Å². The second-order valence-electron chi connectivity index (χ2n) is 5.98. The highest BCUT2D eigenvalue weighted by Gasteiger charge is 2.15. The summed E-state index contributed by atoms with van der Waals surface area (Å²) in [5.74, 6) is -0.0771. The molecule has 0 radical (unpaired) electrons. The van der Waals surface area contributed by atoms with Crippen LogP contribution in [0, 0.1) is 25.2 Å². The number of aromatic amines is 1. The Bertz CT molecular complexity index is 897. The molecule has 2 rings (SSSR count). The highest BCUT2D eigenvalue weighted by atomic mass is 79.9. The Labute approximate surface area is 155 Å². The Morgan fingerprint density at radius 3 is 2.68 bits per heavy atom. The monoisotopic (exact) mass is 401 g/mol. The minimum atomic E-state index is -0.381. The van der Waals surface area contributed by atoms with Gasteiger partial charge in [0.05, 0.1) is 6.04 Å². The van der Waals surface area contributed by atoms with E-state index in [9.17, 15) is 9.59 Å². The predicted octanol–water partition coefficient (Wildman–Crippen LogP) is 3.44. The molecule has 0 saturated carbocycles. The quantitative estimate of drug-likeness (QED) is 0.804. The van der Waals surface area contributed by atoms with Crippen molar-refractivity contribution < 1.29 is 4.79 Å². The molecule has 1 amide bonds. The third kappa shape index (κ3) is 4.37. The number of nitrogens with zero attached hydrogens (tertiary/aromatic N) is 1. The van der Waals surface area contributed by atoms with Gasteiger partial charge >= 0.3 is 0 Å². The van der Waals surface area contributed by atoms with E-state index in [0.29, 0.717) is 17.7 Å². The fourth-order valence-corrected chi connectivity index (χ4v) is 3.50. The summed E-state index contributed by atoms with van der Waals surface area (Å²) in [5.41, 5.74) is 2.94. The number of hydrogen-bond acceptors (Lipinski definition) is 3. The molecule has 1 atom stereocenters. The van der Waals surface area contributed by atoms with Crippen molar-refractivity contribution in [2.75, 3.05) is 0 Å². The van der Waals surface area contributed by atoms with Crippen molar-refractivity contribution in [3.05, 3.63) is 67.0 Å². The summed E-state index contributed by atoms with van der Waals surface area (Å²) in [6.45, 7) is 5.46. The molecule has 1 aromatic carbocycles. The number of H-pyrrole nitrogens is 1. The number of benzene rings is 1. The van der Waals surface area contributed by atoms with E-state index in [1.807, 2.05) is 37.3 Å². The molecule has 2 N–H and O–H groups in total. The maximum atomic E-state index is 12.3. The standard InChI is InChI=1S/C19H20BrN3O2/c1-11-14(12(2)23-19(25)16(11)10-21)8-9-18(24)22-13(3)15-6-4-5-7-17(15)20/h4-7,13H,8-9H2,1-3H3,(H,22,24)(H,23,25). The van der Waals surface area contributed by atoms with Crippen LogP contribution in [0.3, 0.4) is 0 Å². The third-order valence-electron chi connectivity index (χ3n) is 4.27. The van der Waals surface area contributed by atoms with Crippen LogP contribution >= 0.6 is 15.9 Å². The molecular formula is C19H20BrN3O2. The van der Waals surface area contributed by atoms with Crippen molar-refractivity contribution in [3.63, 3.8) is 0 Å². The van der Waals surface area contributed by atoms with Crippen molar-refractivity contribution in [2.24, 2.45) is 0 Å². The number of rotatable bonds is 5. The molecule has 0 aliphatic heterocycles. The van der Waals surface area contributed by atoms with Gasteiger partial charge in [-0.1, -0.05) is 34.1 Å². The highest BCUT2D eigenvalue weighted by molar-refractivity contribution is 9.10. The van der Waals surface area contributed by atoms with E-state index in [1.165, 1.54) is 0 Å². The van der Waals surface area contributed by atoms with Crippen molar-refractivity contribution >= 4 is 21.8 Å². The van der Waals surface area contributed by atoms with Crippen molar-refractivity contribution in [3.8, 4) is 6.07 Å². The van der Waals surface area contributed by atoms with E-state index < -0.39 is 0 Å². The number of halogens is 1. The van der Waals surface area contributed by atoms with Crippen LogP contribution in [0.1, 0.15) is 47.3 Å². The van der Waals surface area contributed by atoms with Crippen molar-refractivity contribution in [1.82, 2.24) is 10.3 Å². The molecular weight excluding hydrogens is 382 g/mol. The van der Waals surface area contributed by atoms with Crippen LogP contribution in [-0.4, -0.2) is 10.9 Å². The van der Waals surface area contributed by atoms with Gasteiger partial charge < -0.3 is 10.3 Å². The van der Waals surface area contributed by atoms with E-state index in [0.717, 1.165) is 15.6 Å². The Morgan fingerprint density at radius 1 is 1.36 bits per heavy atom. The largest absolute Gasteiger partial charge is 0.350 e. The second kappa shape index (κ2) is 8.13. The first-order chi connectivity index (χ1) is 11.8. The fraction of sp³-hybridized carbons (Fsp3) is 0.316. The molecule has 1 aromatic heterocycles. The number of nitriles is 1. The van der Waals surface area contributed by atoms with Gasteiger partial charge in [-0.05, 0) is 49.9 Å². The minimum Gasteiger partial charge on any atom is -0.350 e. The first kappa shape index (κ1) is 18.9. The second-order valence-corrected chi connectivity index (χ2v) is 6.83. The van der Waals surface area contributed by atoms with Gasteiger partial charge in [0, 0.05) is 16.6 Å². The van der Waals surface area contributed by atoms with Gasteiger partial charge in [0.2, 0.25) is 5.91 Å². The molecule has 0 saturated heterocycles. The number of amides is 1. The number of pyridine rings is 1. The van der Waals surface area contributed by atoms with Gasteiger partial charge in [-0.3, -0.25) is 9.59 Å². The van der Waals surface area contributed by atoms with Crippen LogP contribution in [-0.2, 0) is 11.2 Å². The topological polar surface area (TPSA) is 85.8 Å². The SMILES string of the molecule is Cc1[nH]c(=O)c(C#N)c(C)c1CCC(=O)NC(C)c1ccccc1Br. The molecule has 0 aliphatic rings. The van der Waals surface area contributed by atoms with Gasteiger partial charge in [-0.25, -0.2) is 0 Å². The summed E-state index contributed by atoms with van der Waals surface area (Å²) < 4.78 is 0.953. The molecule has 1 unspecified atom stereocenters. The van der Waals surface area contributed by atoms with Gasteiger partial charge in [0.25, 0.3) is 5.56 Å². The zero-order valence-electron chi connectivity index (χ0n) is 14.4. The van der Waals surface area contributed by atoms with Crippen molar-refractivity contribution in [1.29, 1.82) is 5.26 Å². The summed E-state index contributed by atoms with van der Waals surface area (Å²) in [6, 6.07) is 9.57. The van der Waals surface area contributed by atoms with Crippen LogP contribution < -0.4 is 10.9 Å². The third-order valence-corrected chi connectivity index (χ3v) is 4.99. The molecule has 6 heteroatoms. The molecule has 25 heavy (non-hydrogen) atoms. The fourth-order valence-electron chi connectivity index (χ4n) is 2.88. The van der Waals surface area contributed by atoms with Gasteiger partial charge in [-0.2, -0.15) is 5.26 Å². The molecule has 5 nitrogen and oxygen atoms in total. The molecule has 0 fully saturated rings. The smallest absolute Gasteiger partial charge is 0.266 e. The van der Waals surface area contributed by atoms with Crippen LogP contribution in [0.4, 0.5) is 0 Å². The van der Waals surface area contributed by atoms with Gasteiger partial charge in [-0.15, -0.1) is 0 Å².